The van der Waals surface area contributed by atoms with Crippen molar-refractivity contribution < 1.29 is 17.6 Å². The molecule has 0 atom stereocenters. The van der Waals surface area contributed by atoms with Crippen LogP contribution in [0.4, 0.5) is 23.2 Å². The highest BCUT2D eigenvalue weighted by Crippen LogP contribution is 2.26. The Hall–Kier alpha value is -3.26. The van der Waals surface area contributed by atoms with Crippen molar-refractivity contribution >= 4 is 23.1 Å². The van der Waals surface area contributed by atoms with Gasteiger partial charge in [-0.25, -0.2) is 17.6 Å². The summed E-state index contributed by atoms with van der Waals surface area (Å²) in [6, 6.07) is 11.5. The Morgan fingerprint density at radius 1 is 0.750 bits per heavy atom. The van der Waals surface area contributed by atoms with Crippen molar-refractivity contribution in [3.05, 3.63) is 88.5 Å². The minimum Gasteiger partial charge on any atom is -0.207 e. The molecule has 0 aliphatic heterocycles. The topological polar surface area (TPSA) is 12.4 Å². The number of nitrogens with zero attached hydrogens (tertiary/aromatic N) is 1. The maximum absolute atomic E-state index is 14.4. The highest BCUT2D eigenvalue weighted by Gasteiger charge is 2.12. The van der Waals surface area contributed by atoms with Crippen molar-refractivity contribution in [1.82, 2.24) is 0 Å². The summed E-state index contributed by atoms with van der Waals surface area (Å²) in [7, 11) is 0. The van der Waals surface area contributed by atoms with Crippen molar-refractivity contribution in [1.29, 1.82) is 0 Å². The normalized spacial score (nSPS) is 10.3. The Morgan fingerprint density at radius 2 is 1.34 bits per heavy atom. The van der Waals surface area contributed by atoms with Crippen molar-refractivity contribution in [3.63, 3.8) is 0 Å². The van der Waals surface area contributed by atoms with Crippen LogP contribution < -0.4 is 0 Å². The van der Waals surface area contributed by atoms with E-state index in [4.69, 9.17) is 0 Å². The molecule has 3 aromatic carbocycles. The first-order valence-electron chi connectivity index (χ1n) is 10.1. The average molecular weight is 454 g/mol. The molecule has 0 fully saturated rings. The van der Waals surface area contributed by atoms with Gasteiger partial charge in [-0.2, -0.15) is 4.99 Å². The maximum Gasteiger partial charge on any atom is 0.153 e. The van der Waals surface area contributed by atoms with Crippen LogP contribution in [0.25, 0.3) is 11.1 Å². The zero-order valence-corrected chi connectivity index (χ0v) is 18.1. The van der Waals surface area contributed by atoms with Crippen LogP contribution in [0.5, 0.6) is 0 Å². The first kappa shape index (κ1) is 23.4. The molecule has 0 N–H and O–H groups in total. The summed E-state index contributed by atoms with van der Waals surface area (Å²) in [6.07, 6.45) is 3.02. The van der Waals surface area contributed by atoms with E-state index in [9.17, 15) is 17.6 Å². The largest absolute Gasteiger partial charge is 0.207 e. The predicted molar refractivity (Wildman–Crippen MR) is 122 cm³/mol. The SMILES string of the molecule is CCCCCc1c(F)cc(-c2ccc(C#Cc3cc(F)c(N=C=S)c(F)c3)cc2)cc1F. The summed E-state index contributed by atoms with van der Waals surface area (Å²) < 4.78 is 56.6. The van der Waals surface area contributed by atoms with Gasteiger partial charge in [0.25, 0.3) is 0 Å². The van der Waals surface area contributed by atoms with Crippen molar-refractivity contribution in [2.75, 3.05) is 0 Å². The Labute approximate surface area is 189 Å². The first-order chi connectivity index (χ1) is 15.4. The predicted octanol–water partition coefficient (Wildman–Crippen LogP) is 7.78. The monoisotopic (exact) mass is 453 g/mol. The third kappa shape index (κ3) is 5.70. The van der Waals surface area contributed by atoms with Gasteiger partial charge in [0, 0.05) is 16.7 Å². The summed E-state index contributed by atoms with van der Waals surface area (Å²) in [5.41, 5.74) is 1.38. The standard InChI is InChI=1S/C26H19F4NS/c1-2-3-4-5-21-22(27)14-20(15-23(21)28)19-10-8-17(9-11-19)6-7-18-12-24(29)26(31-16-32)25(30)13-18/h8-15H,2-5H2,1H3. The lowest BCUT2D eigenvalue weighted by Crippen LogP contribution is -1.97. The molecule has 0 saturated heterocycles. The average Bonchev–Trinajstić information content (AvgIpc) is 2.77. The number of halogens is 4. The molecule has 0 amide bonds. The van der Waals surface area contributed by atoms with Crippen molar-refractivity contribution in [2.45, 2.75) is 32.6 Å². The van der Waals surface area contributed by atoms with E-state index >= 15 is 0 Å². The number of benzene rings is 3. The minimum atomic E-state index is -0.885. The molecule has 0 spiro atoms. The molecule has 0 unspecified atom stereocenters. The Kier molecular flexibility index (Phi) is 7.94. The lowest BCUT2D eigenvalue weighted by Gasteiger charge is -2.08. The second-order valence-corrected chi connectivity index (χ2v) is 7.38. The van der Waals surface area contributed by atoms with Gasteiger partial charge in [-0.1, -0.05) is 43.7 Å². The van der Waals surface area contributed by atoms with E-state index in [1.165, 1.54) is 12.1 Å². The smallest absolute Gasteiger partial charge is 0.153 e. The number of hydrogen-bond acceptors (Lipinski definition) is 2. The molecule has 0 aliphatic carbocycles. The van der Waals surface area contributed by atoms with E-state index in [0.29, 0.717) is 23.1 Å². The van der Waals surface area contributed by atoms with Crippen LogP contribution in [-0.4, -0.2) is 5.16 Å². The molecular formula is C26H19F4NS. The van der Waals surface area contributed by atoms with Gasteiger partial charge in [-0.15, -0.1) is 0 Å². The number of hydrogen-bond donors (Lipinski definition) is 0. The fourth-order valence-electron chi connectivity index (χ4n) is 3.24. The minimum absolute atomic E-state index is 0.117. The van der Waals surface area contributed by atoms with Crippen LogP contribution >= 0.6 is 12.2 Å². The quantitative estimate of drug-likeness (QED) is 0.122. The maximum atomic E-state index is 14.4. The van der Waals surface area contributed by atoms with E-state index in [1.54, 1.807) is 24.3 Å². The molecule has 3 aromatic rings. The van der Waals surface area contributed by atoms with Gasteiger partial charge < -0.3 is 0 Å². The molecule has 0 heterocycles. The van der Waals surface area contributed by atoms with E-state index < -0.39 is 29.0 Å². The second-order valence-electron chi connectivity index (χ2n) is 7.19. The Morgan fingerprint density at radius 3 is 1.91 bits per heavy atom. The van der Waals surface area contributed by atoms with Gasteiger partial charge in [-0.05, 0) is 72.6 Å². The molecule has 0 saturated carbocycles. The summed E-state index contributed by atoms with van der Waals surface area (Å²) in [4.78, 5) is 3.35. The van der Waals surface area contributed by atoms with Crippen LogP contribution in [0.2, 0.25) is 0 Å². The van der Waals surface area contributed by atoms with Gasteiger partial charge in [0.05, 0.1) is 5.16 Å². The van der Waals surface area contributed by atoms with Crippen LogP contribution in [0.15, 0.2) is 53.5 Å². The summed E-state index contributed by atoms with van der Waals surface area (Å²) in [5, 5.41) is 1.93. The number of unbranched alkanes of at least 4 members (excludes halogenated alkanes) is 2. The number of isothiocyanates is 1. The molecular weight excluding hydrogens is 434 g/mol. The molecule has 162 valence electrons. The lowest BCUT2D eigenvalue weighted by atomic mass is 9.99. The van der Waals surface area contributed by atoms with Crippen LogP contribution in [0.1, 0.15) is 42.9 Å². The molecule has 0 aliphatic rings. The van der Waals surface area contributed by atoms with Gasteiger partial charge in [0.2, 0.25) is 0 Å². The summed E-state index contributed by atoms with van der Waals surface area (Å²) in [5.74, 6) is 2.62. The third-order valence-electron chi connectivity index (χ3n) is 4.92. The highest BCUT2D eigenvalue weighted by atomic mass is 32.1. The third-order valence-corrected chi connectivity index (χ3v) is 5.01. The fraction of sp³-hybridized carbons (Fsp3) is 0.192. The zero-order valence-electron chi connectivity index (χ0n) is 17.3. The molecule has 0 bridgehead atoms. The summed E-state index contributed by atoms with van der Waals surface area (Å²) in [6.45, 7) is 2.04. The van der Waals surface area contributed by atoms with Gasteiger partial charge in [0.1, 0.15) is 17.3 Å². The Balaban J connectivity index is 1.80. The van der Waals surface area contributed by atoms with Crippen LogP contribution in [0.3, 0.4) is 0 Å². The van der Waals surface area contributed by atoms with Gasteiger partial charge in [-0.3, -0.25) is 0 Å². The number of thiocarbonyl (C=S) groups is 1. The number of aliphatic imine (C=N–C) groups is 1. The lowest BCUT2D eigenvalue weighted by molar-refractivity contribution is 0.546. The van der Waals surface area contributed by atoms with Gasteiger partial charge >= 0.3 is 0 Å². The zero-order chi connectivity index (χ0) is 23.1. The van der Waals surface area contributed by atoms with Crippen molar-refractivity contribution in [2.24, 2.45) is 4.99 Å². The van der Waals surface area contributed by atoms with Crippen LogP contribution in [-0.2, 0) is 6.42 Å². The summed E-state index contributed by atoms with van der Waals surface area (Å²) >= 11 is 4.37. The molecule has 6 heteroatoms. The second kappa shape index (κ2) is 10.9. The van der Waals surface area contributed by atoms with Crippen LogP contribution in [0, 0.1) is 35.1 Å². The fourth-order valence-corrected chi connectivity index (χ4v) is 3.33. The number of rotatable bonds is 6. The molecule has 0 aromatic heterocycles. The van der Waals surface area contributed by atoms with E-state index in [2.05, 4.69) is 29.1 Å². The van der Waals surface area contributed by atoms with E-state index in [0.717, 1.165) is 31.4 Å². The highest BCUT2D eigenvalue weighted by molar-refractivity contribution is 7.78. The molecule has 32 heavy (non-hydrogen) atoms. The van der Waals surface area contributed by atoms with E-state index in [1.807, 2.05) is 12.1 Å². The molecule has 0 radical (unpaired) electrons. The van der Waals surface area contributed by atoms with Gasteiger partial charge in [0.15, 0.2) is 11.6 Å². The first-order valence-corrected chi connectivity index (χ1v) is 10.5. The Bertz CT molecular complexity index is 1190. The van der Waals surface area contributed by atoms with Crippen molar-refractivity contribution in [3.8, 4) is 23.0 Å². The molecule has 1 nitrogen and oxygen atoms in total. The molecule has 3 rings (SSSR count). The van der Waals surface area contributed by atoms with E-state index in [-0.39, 0.29) is 11.1 Å².